The van der Waals surface area contributed by atoms with E-state index in [-0.39, 0.29) is 39.2 Å². The van der Waals surface area contributed by atoms with Gasteiger partial charge in [-0.2, -0.15) is 0 Å². The Hall–Kier alpha value is -1.30. The Bertz CT molecular complexity index is 578. The number of carbonyl (C=O) groups excluding carboxylic acids is 1. The van der Waals surface area contributed by atoms with Crippen LogP contribution in [-0.2, 0) is 4.79 Å². The van der Waals surface area contributed by atoms with Gasteiger partial charge < -0.3 is 16.2 Å². The molecule has 0 saturated heterocycles. The van der Waals surface area contributed by atoms with Crippen LogP contribution in [0.3, 0.4) is 0 Å². The van der Waals surface area contributed by atoms with Crippen molar-refractivity contribution in [1.82, 2.24) is 0 Å². The second-order valence-corrected chi connectivity index (χ2v) is 6.07. The van der Waals surface area contributed by atoms with Crippen molar-refractivity contribution < 1.29 is 14.7 Å². The summed E-state index contributed by atoms with van der Waals surface area (Å²) in [6.07, 6.45) is 3.14. The van der Waals surface area contributed by atoms with Crippen LogP contribution < -0.4 is 11.1 Å². The summed E-state index contributed by atoms with van der Waals surface area (Å²) in [6.45, 7) is 0. The molecular weight excluding hydrogens is 315 g/mol. The van der Waals surface area contributed by atoms with Crippen LogP contribution in [0.4, 0.5) is 5.69 Å². The number of carboxylic acid groups (broad SMARTS) is 1. The summed E-state index contributed by atoms with van der Waals surface area (Å²) in [5.74, 6) is -1.67. The number of carbonyl (C=O) groups is 2. The molecule has 0 heterocycles. The van der Waals surface area contributed by atoms with Crippen LogP contribution in [0.15, 0.2) is 12.1 Å². The molecule has 0 radical (unpaired) electrons. The Morgan fingerprint density at radius 2 is 2.00 bits per heavy atom. The molecule has 0 aliphatic heterocycles. The van der Waals surface area contributed by atoms with Crippen LogP contribution in [0.2, 0.25) is 10.0 Å². The summed E-state index contributed by atoms with van der Waals surface area (Å²) < 4.78 is 0. The number of nitrogens with one attached hydrogen (secondary N) is 1. The van der Waals surface area contributed by atoms with Crippen molar-refractivity contribution in [3.63, 3.8) is 0 Å². The maximum atomic E-state index is 12.3. The van der Waals surface area contributed by atoms with Crippen LogP contribution in [0, 0.1) is 5.92 Å². The summed E-state index contributed by atoms with van der Waals surface area (Å²) in [5, 5.41) is 12.1. The number of halogens is 2. The number of rotatable bonds is 3. The van der Waals surface area contributed by atoms with E-state index >= 15 is 0 Å². The maximum absolute atomic E-state index is 12.3. The van der Waals surface area contributed by atoms with Crippen LogP contribution in [0.5, 0.6) is 0 Å². The van der Waals surface area contributed by atoms with E-state index in [1.54, 1.807) is 0 Å². The van der Waals surface area contributed by atoms with Gasteiger partial charge >= 0.3 is 5.97 Å². The fourth-order valence-corrected chi connectivity index (χ4v) is 3.10. The summed E-state index contributed by atoms with van der Waals surface area (Å²) in [5.41, 5.74) is 5.82. The standard InChI is InChI=1S/C14H16Cl2N2O3/c15-8-5-10(14(20)21)12(11(16)6-8)18-13(19)7-2-1-3-9(17)4-7/h5-7,9H,1-4,17H2,(H,18,19)(H,20,21). The monoisotopic (exact) mass is 330 g/mol. The molecule has 1 aromatic carbocycles. The highest BCUT2D eigenvalue weighted by atomic mass is 35.5. The fourth-order valence-electron chi connectivity index (χ4n) is 2.56. The van der Waals surface area contributed by atoms with Gasteiger partial charge in [-0.05, 0) is 31.4 Å². The SMILES string of the molecule is NC1CCCC(C(=O)Nc2c(Cl)cc(Cl)cc2C(=O)O)C1. The predicted molar refractivity (Wildman–Crippen MR) is 82.0 cm³/mol. The second kappa shape index (κ2) is 6.64. The predicted octanol–water partition coefficient (Wildman–Crippen LogP) is 3.15. The molecule has 4 N–H and O–H groups in total. The van der Waals surface area contributed by atoms with E-state index in [0.29, 0.717) is 6.42 Å². The topological polar surface area (TPSA) is 92.4 Å². The molecular formula is C14H16Cl2N2O3. The largest absolute Gasteiger partial charge is 0.478 e. The molecule has 1 fully saturated rings. The minimum Gasteiger partial charge on any atom is -0.478 e. The van der Waals surface area contributed by atoms with E-state index in [9.17, 15) is 14.7 Å². The molecule has 1 amide bonds. The lowest BCUT2D eigenvalue weighted by Gasteiger charge is -2.26. The Balaban J connectivity index is 2.22. The van der Waals surface area contributed by atoms with Gasteiger partial charge in [0.05, 0.1) is 16.3 Å². The molecule has 1 saturated carbocycles. The summed E-state index contributed by atoms with van der Waals surface area (Å²) in [4.78, 5) is 23.5. The fraction of sp³-hybridized carbons (Fsp3) is 0.429. The summed E-state index contributed by atoms with van der Waals surface area (Å²) in [7, 11) is 0. The van der Waals surface area contributed by atoms with Gasteiger partial charge in [0.15, 0.2) is 0 Å². The Morgan fingerprint density at radius 1 is 1.29 bits per heavy atom. The summed E-state index contributed by atoms with van der Waals surface area (Å²) in [6, 6.07) is 2.67. The molecule has 5 nitrogen and oxygen atoms in total. The number of benzene rings is 1. The van der Waals surface area contributed by atoms with E-state index < -0.39 is 5.97 Å². The average Bonchev–Trinajstić information content (AvgIpc) is 2.41. The Labute approximate surface area is 132 Å². The van der Waals surface area contributed by atoms with Gasteiger partial charge in [-0.15, -0.1) is 0 Å². The third-order valence-electron chi connectivity index (χ3n) is 3.62. The Morgan fingerprint density at radius 3 is 2.62 bits per heavy atom. The van der Waals surface area contributed by atoms with Gasteiger partial charge in [0.2, 0.25) is 5.91 Å². The molecule has 0 aromatic heterocycles. The van der Waals surface area contributed by atoms with Crippen molar-refractivity contribution in [2.45, 2.75) is 31.7 Å². The smallest absolute Gasteiger partial charge is 0.337 e. The number of nitrogens with two attached hydrogens (primary N) is 1. The van der Waals surface area contributed by atoms with E-state index in [1.165, 1.54) is 12.1 Å². The number of amides is 1. The van der Waals surface area contributed by atoms with Crippen molar-refractivity contribution in [3.05, 3.63) is 27.7 Å². The number of hydrogen-bond donors (Lipinski definition) is 3. The van der Waals surface area contributed by atoms with Gasteiger partial charge in [-0.1, -0.05) is 29.6 Å². The van der Waals surface area contributed by atoms with E-state index in [1.807, 2.05) is 0 Å². The Kier molecular flexibility index (Phi) is 5.08. The molecule has 1 aromatic rings. The van der Waals surface area contributed by atoms with E-state index in [2.05, 4.69) is 5.32 Å². The first kappa shape index (κ1) is 16.1. The van der Waals surface area contributed by atoms with E-state index in [4.69, 9.17) is 28.9 Å². The normalized spacial score (nSPS) is 21.9. The van der Waals surface area contributed by atoms with E-state index in [0.717, 1.165) is 19.3 Å². The van der Waals surface area contributed by atoms with Crippen molar-refractivity contribution in [2.24, 2.45) is 11.7 Å². The zero-order valence-electron chi connectivity index (χ0n) is 11.2. The van der Waals surface area contributed by atoms with Crippen molar-refractivity contribution >= 4 is 40.8 Å². The molecule has 0 bridgehead atoms. The highest BCUT2D eigenvalue weighted by molar-refractivity contribution is 6.37. The highest BCUT2D eigenvalue weighted by Crippen LogP contribution is 2.32. The minimum absolute atomic E-state index is 0.00846. The van der Waals surface area contributed by atoms with Crippen molar-refractivity contribution in [2.75, 3.05) is 5.32 Å². The highest BCUT2D eigenvalue weighted by Gasteiger charge is 2.27. The van der Waals surface area contributed by atoms with Crippen LogP contribution >= 0.6 is 23.2 Å². The van der Waals surface area contributed by atoms with Crippen LogP contribution in [0.1, 0.15) is 36.0 Å². The number of anilines is 1. The van der Waals surface area contributed by atoms with Gasteiger partial charge in [0, 0.05) is 17.0 Å². The van der Waals surface area contributed by atoms with Gasteiger partial charge in [-0.25, -0.2) is 4.79 Å². The van der Waals surface area contributed by atoms with Crippen LogP contribution in [0.25, 0.3) is 0 Å². The number of carboxylic acids is 1. The van der Waals surface area contributed by atoms with Gasteiger partial charge in [0.25, 0.3) is 0 Å². The van der Waals surface area contributed by atoms with Crippen molar-refractivity contribution in [3.8, 4) is 0 Å². The first-order valence-corrected chi connectivity index (χ1v) is 7.43. The van der Waals surface area contributed by atoms with Crippen LogP contribution in [-0.4, -0.2) is 23.0 Å². The summed E-state index contributed by atoms with van der Waals surface area (Å²) >= 11 is 11.8. The molecule has 1 aliphatic carbocycles. The molecule has 2 rings (SSSR count). The maximum Gasteiger partial charge on any atom is 0.337 e. The minimum atomic E-state index is -1.20. The molecule has 2 unspecified atom stereocenters. The average molecular weight is 331 g/mol. The number of aromatic carboxylic acids is 1. The van der Waals surface area contributed by atoms with Gasteiger partial charge in [-0.3, -0.25) is 4.79 Å². The first-order valence-electron chi connectivity index (χ1n) is 6.67. The third-order valence-corrected chi connectivity index (χ3v) is 4.14. The lowest BCUT2D eigenvalue weighted by molar-refractivity contribution is -0.120. The lowest BCUT2D eigenvalue weighted by Crippen LogP contribution is -2.34. The second-order valence-electron chi connectivity index (χ2n) is 5.23. The molecule has 0 spiro atoms. The molecule has 21 heavy (non-hydrogen) atoms. The molecule has 114 valence electrons. The third kappa shape index (κ3) is 3.87. The van der Waals surface area contributed by atoms with Crippen molar-refractivity contribution in [1.29, 1.82) is 0 Å². The molecule has 2 atom stereocenters. The number of hydrogen-bond acceptors (Lipinski definition) is 3. The van der Waals surface area contributed by atoms with Gasteiger partial charge in [0.1, 0.15) is 0 Å². The molecule has 7 heteroatoms. The first-order chi connectivity index (χ1) is 9.88. The zero-order valence-corrected chi connectivity index (χ0v) is 12.7. The lowest BCUT2D eigenvalue weighted by atomic mass is 9.85. The molecule has 1 aliphatic rings. The quantitative estimate of drug-likeness (QED) is 0.793. The zero-order chi connectivity index (χ0) is 15.6.